The average molecular weight is 347 g/mol. The van der Waals surface area contributed by atoms with Gasteiger partial charge in [0, 0.05) is 18.5 Å². The van der Waals surface area contributed by atoms with E-state index in [1.165, 1.54) is 50.5 Å². The zero-order valence-electron chi connectivity index (χ0n) is 14.6. The predicted octanol–water partition coefficient (Wildman–Crippen LogP) is 4.19. The lowest BCUT2D eigenvalue weighted by Gasteiger charge is -2.32. The van der Waals surface area contributed by atoms with Crippen molar-refractivity contribution in [3.05, 3.63) is 22.4 Å². The van der Waals surface area contributed by atoms with Crippen LogP contribution < -0.4 is 5.32 Å². The molecule has 2 aliphatic carbocycles. The van der Waals surface area contributed by atoms with Crippen LogP contribution in [0.25, 0.3) is 0 Å². The molecule has 1 aromatic rings. The highest BCUT2D eigenvalue weighted by atomic mass is 32.1. The number of thiophene rings is 1. The van der Waals surface area contributed by atoms with Gasteiger partial charge in [-0.15, -0.1) is 0 Å². The van der Waals surface area contributed by atoms with Gasteiger partial charge in [-0.1, -0.05) is 25.7 Å². The van der Waals surface area contributed by atoms with Crippen LogP contribution in [0.1, 0.15) is 63.4 Å². The summed E-state index contributed by atoms with van der Waals surface area (Å²) in [5.41, 5.74) is 1.75. The topological polar surface area (TPSA) is 32.3 Å². The van der Waals surface area contributed by atoms with Gasteiger partial charge in [0.25, 0.3) is 0 Å². The summed E-state index contributed by atoms with van der Waals surface area (Å²) < 4.78 is 0. The van der Waals surface area contributed by atoms with E-state index < -0.39 is 0 Å². The molecule has 1 aromatic heterocycles. The lowest BCUT2D eigenvalue weighted by atomic mass is 9.92. The number of hydrogen-bond acceptors (Lipinski definition) is 3. The first-order chi connectivity index (χ1) is 11.8. The third kappa shape index (κ3) is 3.41. The Bertz CT molecular complexity index is 542. The number of carbonyl (C=O) groups is 1. The summed E-state index contributed by atoms with van der Waals surface area (Å²) in [7, 11) is 0. The summed E-state index contributed by atoms with van der Waals surface area (Å²) in [6.07, 6.45) is 11.1. The maximum absolute atomic E-state index is 13.4. The molecule has 0 aromatic carbocycles. The second kappa shape index (κ2) is 7.17. The van der Waals surface area contributed by atoms with E-state index in [-0.39, 0.29) is 5.92 Å². The van der Waals surface area contributed by atoms with Gasteiger partial charge in [-0.05, 0) is 73.0 Å². The number of nitrogens with zero attached hydrogens (tertiary/aromatic N) is 1. The molecule has 4 rings (SSSR count). The van der Waals surface area contributed by atoms with Crippen molar-refractivity contribution >= 4 is 17.2 Å². The van der Waals surface area contributed by atoms with Crippen LogP contribution >= 0.6 is 11.3 Å². The fourth-order valence-corrected chi connectivity index (χ4v) is 5.57. The van der Waals surface area contributed by atoms with Crippen LogP contribution in [0.4, 0.5) is 0 Å². The van der Waals surface area contributed by atoms with Crippen molar-refractivity contribution in [2.45, 2.75) is 70.4 Å². The van der Waals surface area contributed by atoms with Gasteiger partial charge < -0.3 is 10.2 Å². The van der Waals surface area contributed by atoms with E-state index in [9.17, 15) is 4.79 Å². The van der Waals surface area contributed by atoms with Gasteiger partial charge in [0.1, 0.15) is 0 Å². The average Bonchev–Trinajstić information content (AvgIpc) is 3.15. The summed E-state index contributed by atoms with van der Waals surface area (Å²) >= 11 is 1.74. The van der Waals surface area contributed by atoms with E-state index >= 15 is 0 Å². The summed E-state index contributed by atoms with van der Waals surface area (Å²) in [5.74, 6) is 0.744. The van der Waals surface area contributed by atoms with Crippen LogP contribution in [0.5, 0.6) is 0 Å². The molecule has 24 heavy (non-hydrogen) atoms. The zero-order valence-corrected chi connectivity index (χ0v) is 15.5. The van der Waals surface area contributed by atoms with Crippen molar-refractivity contribution in [1.29, 1.82) is 0 Å². The Morgan fingerprint density at radius 1 is 1.21 bits per heavy atom. The first kappa shape index (κ1) is 16.6. The molecule has 4 heteroatoms. The number of piperidine rings is 1. The monoisotopic (exact) mass is 346 g/mol. The lowest BCUT2D eigenvalue weighted by molar-refractivity contribution is -0.138. The van der Waals surface area contributed by atoms with E-state index in [2.05, 4.69) is 27.0 Å². The molecule has 1 aliphatic heterocycles. The van der Waals surface area contributed by atoms with Crippen LogP contribution in [0, 0.1) is 11.3 Å². The molecular weight excluding hydrogens is 316 g/mol. The van der Waals surface area contributed by atoms with Crippen molar-refractivity contribution in [1.82, 2.24) is 10.2 Å². The zero-order chi connectivity index (χ0) is 16.4. The number of nitrogens with one attached hydrogen (secondary N) is 1. The van der Waals surface area contributed by atoms with Crippen molar-refractivity contribution in [2.24, 2.45) is 11.3 Å². The van der Waals surface area contributed by atoms with E-state index in [4.69, 9.17) is 0 Å². The molecule has 2 heterocycles. The first-order valence-electron chi connectivity index (χ1n) is 9.81. The Kier molecular flexibility index (Phi) is 4.95. The SMILES string of the molecule is O=C(C1CCCCCC1)N(Cc1ccsc1)C1CC12CCNCC2. The quantitative estimate of drug-likeness (QED) is 0.829. The van der Waals surface area contributed by atoms with Gasteiger partial charge in [-0.2, -0.15) is 11.3 Å². The molecule has 0 radical (unpaired) electrons. The normalized spacial score (nSPS) is 26.9. The van der Waals surface area contributed by atoms with Gasteiger partial charge in [-0.25, -0.2) is 0 Å². The van der Waals surface area contributed by atoms with E-state index in [0.29, 0.717) is 17.4 Å². The number of carbonyl (C=O) groups excluding carboxylic acids is 1. The Labute approximate surface area is 149 Å². The minimum atomic E-state index is 0.283. The molecule has 1 unspecified atom stereocenters. The second-order valence-corrected chi connectivity index (χ2v) is 8.90. The third-order valence-corrected chi connectivity index (χ3v) is 7.27. The van der Waals surface area contributed by atoms with Crippen molar-refractivity contribution in [3.8, 4) is 0 Å². The molecule has 1 saturated heterocycles. The molecule has 3 fully saturated rings. The maximum Gasteiger partial charge on any atom is 0.226 e. The van der Waals surface area contributed by atoms with E-state index in [1.54, 1.807) is 11.3 Å². The summed E-state index contributed by atoms with van der Waals surface area (Å²) in [4.78, 5) is 15.7. The highest BCUT2D eigenvalue weighted by Crippen LogP contribution is 2.56. The second-order valence-electron chi connectivity index (χ2n) is 8.12. The largest absolute Gasteiger partial charge is 0.335 e. The highest BCUT2D eigenvalue weighted by molar-refractivity contribution is 7.07. The highest BCUT2D eigenvalue weighted by Gasteiger charge is 2.58. The summed E-state index contributed by atoms with van der Waals surface area (Å²) in [5, 5.41) is 7.83. The van der Waals surface area contributed by atoms with Crippen molar-refractivity contribution in [2.75, 3.05) is 13.1 Å². The predicted molar refractivity (Wildman–Crippen MR) is 99.0 cm³/mol. The van der Waals surface area contributed by atoms with Gasteiger partial charge in [0.15, 0.2) is 0 Å². The van der Waals surface area contributed by atoms with Gasteiger partial charge in [0.2, 0.25) is 5.91 Å². The van der Waals surface area contributed by atoms with Crippen molar-refractivity contribution < 1.29 is 4.79 Å². The molecule has 3 aliphatic rings. The van der Waals surface area contributed by atoms with Gasteiger partial charge in [-0.3, -0.25) is 4.79 Å². The molecule has 1 spiro atoms. The molecule has 0 bridgehead atoms. The fraction of sp³-hybridized carbons (Fsp3) is 0.750. The smallest absolute Gasteiger partial charge is 0.226 e. The maximum atomic E-state index is 13.4. The van der Waals surface area contributed by atoms with Crippen LogP contribution in [-0.2, 0) is 11.3 Å². The first-order valence-corrected chi connectivity index (χ1v) is 10.8. The molecule has 3 nitrogen and oxygen atoms in total. The van der Waals surface area contributed by atoms with Crippen LogP contribution in [0.15, 0.2) is 16.8 Å². The number of hydrogen-bond donors (Lipinski definition) is 1. The van der Waals surface area contributed by atoms with E-state index in [0.717, 1.165) is 32.5 Å². The van der Waals surface area contributed by atoms with Crippen LogP contribution in [-0.4, -0.2) is 29.9 Å². The lowest BCUT2D eigenvalue weighted by Crippen LogP contribution is -2.41. The van der Waals surface area contributed by atoms with Crippen LogP contribution in [0.2, 0.25) is 0 Å². The number of amides is 1. The Hall–Kier alpha value is -0.870. The standard InChI is InChI=1S/C20H30N2OS/c23-19(17-5-3-1-2-4-6-17)22(14-16-7-12-24-15-16)18-13-20(18)8-10-21-11-9-20/h7,12,15,17-18,21H,1-6,8-11,13-14H2. The molecule has 1 N–H and O–H groups in total. The minimum absolute atomic E-state index is 0.283. The van der Waals surface area contributed by atoms with Gasteiger partial charge in [0.05, 0.1) is 0 Å². The third-order valence-electron chi connectivity index (χ3n) is 6.54. The van der Waals surface area contributed by atoms with Gasteiger partial charge >= 0.3 is 0 Å². The van der Waals surface area contributed by atoms with Crippen LogP contribution in [0.3, 0.4) is 0 Å². The Morgan fingerprint density at radius 3 is 2.62 bits per heavy atom. The fourth-order valence-electron chi connectivity index (χ4n) is 4.91. The minimum Gasteiger partial charge on any atom is -0.335 e. The summed E-state index contributed by atoms with van der Waals surface area (Å²) in [6, 6.07) is 2.69. The van der Waals surface area contributed by atoms with E-state index in [1.807, 2.05) is 0 Å². The summed E-state index contributed by atoms with van der Waals surface area (Å²) in [6.45, 7) is 3.08. The molecule has 2 saturated carbocycles. The Balaban J connectivity index is 1.50. The molecule has 1 amide bonds. The Morgan fingerprint density at radius 2 is 1.96 bits per heavy atom. The molecule has 1 atom stereocenters. The number of rotatable bonds is 4. The molecule has 132 valence electrons. The van der Waals surface area contributed by atoms with Crippen molar-refractivity contribution in [3.63, 3.8) is 0 Å². The molecular formula is C20H30N2OS.